The van der Waals surface area contributed by atoms with E-state index in [9.17, 15) is 0 Å². The molecule has 1 saturated carbocycles. The zero-order valence-corrected chi connectivity index (χ0v) is 9.82. The van der Waals surface area contributed by atoms with E-state index in [0.29, 0.717) is 0 Å². The fraction of sp³-hybridized carbons (Fsp3) is 0.500. The predicted octanol–water partition coefficient (Wildman–Crippen LogP) is 2.93. The number of benzene rings is 1. The molecule has 0 bridgehead atoms. The first-order chi connectivity index (χ1) is 7.79. The lowest BCUT2D eigenvalue weighted by molar-refractivity contribution is 0.237. The largest absolute Gasteiger partial charge is 0.299 e. The van der Waals surface area contributed by atoms with Crippen LogP contribution in [0.5, 0.6) is 0 Å². The first-order valence-corrected chi connectivity index (χ1v) is 5.99. The van der Waals surface area contributed by atoms with E-state index in [4.69, 9.17) is 5.26 Å². The lowest BCUT2D eigenvalue weighted by Crippen LogP contribution is -2.28. The SMILES string of the molecule is CN(Cc1cccc(C#N)c1)C1CCCC1. The second-order valence-electron chi connectivity index (χ2n) is 4.67. The van der Waals surface area contributed by atoms with Crippen molar-refractivity contribution in [3.8, 4) is 6.07 Å². The standard InChI is InChI=1S/C14H18N2/c1-16(14-7-2-3-8-14)11-13-6-4-5-12(9-13)10-15/h4-6,9,14H,2-3,7-8,11H2,1H3. The van der Waals surface area contributed by atoms with Crippen LogP contribution in [0.4, 0.5) is 0 Å². The molecule has 1 fully saturated rings. The van der Waals surface area contributed by atoms with Gasteiger partial charge in [0.25, 0.3) is 0 Å². The van der Waals surface area contributed by atoms with Gasteiger partial charge in [0, 0.05) is 12.6 Å². The second-order valence-corrected chi connectivity index (χ2v) is 4.67. The Morgan fingerprint density at radius 3 is 2.81 bits per heavy atom. The molecule has 0 aromatic heterocycles. The lowest BCUT2D eigenvalue weighted by Gasteiger charge is -2.23. The normalized spacial score (nSPS) is 16.6. The maximum Gasteiger partial charge on any atom is 0.0991 e. The van der Waals surface area contributed by atoms with Crippen LogP contribution in [-0.4, -0.2) is 18.0 Å². The summed E-state index contributed by atoms with van der Waals surface area (Å²) in [7, 11) is 2.19. The molecule has 0 unspecified atom stereocenters. The van der Waals surface area contributed by atoms with E-state index in [1.54, 1.807) is 0 Å². The minimum absolute atomic E-state index is 0.741. The van der Waals surface area contributed by atoms with Crippen molar-refractivity contribution in [1.29, 1.82) is 5.26 Å². The molecule has 1 aliphatic carbocycles. The van der Waals surface area contributed by atoms with Crippen LogP contribution in [-0.2, 0) is 6.54 Å². The summed E-state index contributed by atoms with van der Waals surface area (Å²) in [6.45, 7) is 0.959. The molecule has 0 saturated heterocycles. The van der Waals surface area contributed by atoms with Crippen LogP contribution >= 0.6 is 0 Å². The molecule has 0 heterocycles. The van der Waals surface area contributed by atoms with Crippen molar-refractivity contribution in [3.05, 3.63) is 35.4 Å². The minimum Gasteiger partial charge on any atom is -0.299 e. The van der Waals surface area contributed by atoms with Crippen LogP contribution < -0.4 is 0 Å². The van der Waals surface area contributed by atoms with Crippen molar-refractivity contribution in [2.75, 3.05) is 7.05 Å². The Hall–Kier alpha value is -1.33. The van der Waals surface area contributed by atoms with Crippen LogP contribution in [0.3, 0.4) is 0 Å². The van der Waals surface area contributed by atoms with Gasteiger partial charge in [0.1, 0.15) is 0 Å². The Morgan fingerprint density at radius 2 is 2.12 bits per heavy atom. The fourth-order valence-electron chi connectivity index (χ4n) is 2.50. The topological polar surface area (TPSA) is 27.0 Å². The summed E-state index contributed by atoms with van der Waals surface area (Å²) in [6, 6.07) is 10.9. The van der Waals surface area contributed by atoms with E-state index in [1.165, 1.54) is 31.2 Å². The maximum atomic E-state index is 8.84. The van der Waals surface area contributed by atoms with Crippen molar-refractivity contribution < 1.29 is 0 Å². The molecule has 1 aromatic rings. The molecule has 1 aliphatic rings. The zero-order valence-electron chi connectivity index (χ0n) is 9.82. The van der Waals surface area contributed by atoms with Crippen molar-refractivity contribution in [3.63, 3.8) is 0 Å². The summed E-state index contributed by atoms with van der Waals surface area (Å²) in [4.78, 5) is 2.42. The molecular weight excluding hydrogens is 196 g/mol. The molecule has 16 heavy (non-hydrogen) atoms. The van der Waals surface area contributed by atoms with E-state index in [1.807, 2.05) is 18.2 Å². The number of hydrogen-bond donors (Lipinski definition) is 0. The van der Waals surface area contributed by atoms with E-state index < -0.39 is 0 Å². The van der Waals surface area contributed by atoms with Crippen LogP contribution in [0, 0.1) is 11.3 Å². The number of hydrogen-bond acceptors (Lipinski definition) is 2. The molecule has 0 N–H and O–H groups in total. The predicted molar refractivity (Wildman–Crippen MR) is 64.9 cm³/mol. The van der Waals surface area contributed by atoms with Crippen molar-refractivity contribution >= 4 is 0 Å². The van der Waals surface area contributed by atoms with Crippen molar-refractivity contribution in [2.24, 2.45) is 0 Å². The first-order valence-electron chi connectivity index (χ1n) is 5.99. The summed E-state index contributed by atoms with van der Waals surface area (Å²) in [5.41, 5.74) is 2.01. The average molecular weight is 214 g/mol. The van der Waals surface area contributed by atoms with Gasteiger partial charge in [0.05, 0.1) is 11.6 Å². The van der Waals surface area contributed by atoms with Crippen molar-refractivity contribution in [2.45, 2.75) is 38.3 Å². The van der Waals surface area contributed by atoms with Crippen LogP contribution in [0.2, 0.25) is 0 Å². The monoisotopic (exact) mass is 214 g/mol. The highest BCUT2D eigenvalue weighted by Gasteiger charge is 2.19. The number of nitrogens with zero attached hydrogens (tertiary/aromatic N) is 2. The fourth-order valence-corrected chi connectivity index (χ4v) is 2.50. The van der Waals surface area contributed by atoms with Gasteiger partial charge in [-0.1, -0.05) is 25.0 Å². The number of rotatable bonds is 3. The summed E-state index contributed by atoms with van der Waals surface area (Å²) in [5, 5.41) is 8.84. The Bertz CT molecular complexity index is 386. The van der Waals surface area contributed by atoms with Gasteiger partial charge < -0.3 is 0 Å². The molecule has 1 aromatic carbocycles. The molecule has 2 heteroatoms. The summed E-state index contributed by atoms with van der Waals surface area (Å²) < 4.78 is 0. The van der Waals surface area contributed by atoms with Crippen LogP contribution in [0.25, 0.3) is 0 Å². The summed E-state index contributed by atoms with van der Waals surface area (Å²) in [6.07, 6.45) is 5.39. The lowest BCUT2D eigenvalue weighted by atomic mass is 10.1. The van der Waals surface area contributed by atoms with Gasteiger partial charge >= 0.3 is 0 Å². The van der Waals surface area contributed by atoms with Gasteiger partial charge in [-0.3, -0.25) is 4.90 Å². The Morgan fingerprint density at radius 1 is 1.38 bits per heavy atom. The average Bonchev–Trinajstić information content (AvgIpc) is 2.83. The highest BCUT2D eigenvalue weighted by Crippen LogP contribution is 2.23. The molecule has 0 amide bonds. The second kappa shape index (κ2) is 5.14. The van der Waals surface area contributed by atoms with E-state index in [0.717, 1.165) is 18.2 Å². The van der Waals surface area contributed by atoms with Crippen molar-refractivity contribution in [1.82, 2.24) is 4.90 Å². The smallest absolute Gasteiger partial charge is 0.0991 e. The first kappa shape index (κ1) is 11.2. The maximum absolute atomic E-state index is 8.84. The van der Waals surface area contributed by atoms with Crippen LogP contribution in [0.15, 0.2) is 24.3 Å². The Kier molecular flexibility index (Phi) is 3.58. The quantitative estimate of drug-likeness (QED) is 0.773. The highest BCUT2D eigenvalue weighted by molar-refractivity contribution is 5.32. The van der Waals surface area contributed by atoms with Gasteiger partial charge in [-0.25, -0.2) is 0 Å². The van der Waals surface area contributed by atoms with Gasteiger partial charge in [0.15, 0.2) is 0 Å². The van der Waals surface area contributed by atoms with Crippen LogP contribution in [0.1, 0.15) is 36.8 Å². The molecule has 2 nitrogen and oxygen atoms in total. The third-order valence-corrected chi connectivity index (χ3v) is 3.44. The third-order valence-electron chi connectivity index (χ3n) is 3.44. The van der Waals surface area contributed by atoms with E-state index >= 15 is 0 Å². The van der Waals surface area contributed by atoms with Gasteiger partial charge in [-0.15, -0.1) is 0 Å². The molecule has 0 atom stereocenters. The molecule has 0 aliphatic heterocycles. The van der Waals surface area contributed by atoms with E-state index in [-0.39, 0.29) is 0 Å². The summed E-state index contributed by atoms with van der Waals surface area (Å²) in [5.74, 6) is 0. The molecule has 0 spiro atoms. The van der Waals surface area contributed by atoms with Gasteiger partial charge in [-0.05, 0) is 37.6 Å². The third kappa shape index (κ3) is 2.62. The molecule has 2 rings (SSSR count). The minimum atomic E-state index is 0.741. The van der Waals surface area contributed by atoms with E-state index in [2.05, 4.69) is 24.1 Å². The van der Waals surface area contributed by atoms with Gasteiger partial charge in [0.2, 0.25) is 0 Å². The zero-order chi connectivity index (χ0) is 11.4. The van der Waals surface area contributed by atoms with Gasteiger partial charge in [-0.2, -0.15) is 5.26 Å². The molecular formula is C14H18N2. The Labute approximate surface area is 97.5 Å². The Balaban J connectivity index is 2.00. The summed E-state index contributed by atoms with van der Waals surface area (Å²) >= 11 is 0. The molecule has 84 valence electrons. The highest BCUT2D eigenvalue weighted by atomic mass is 15.1. The number of nitriles is 1. The molecule has 0 radical (unpaired) electrons.